The highest BCUT2D eigenvalue weighted by Crippen LogP contribution is 2.24. The summed E-state index contributed by atoms with van der Waals surface area (Å²) in [6, 6.07) is 8.60. The predicted molar refractivity (Wildman–Crippen MR) is 97.6 cm³/mol. The van der Waals surface area contributed by atoms with Crippen LogP contribution in [-0.2, 0) is 6.42 Å². The van der Waals surface area contributed by atoms with Crippen molar-refractivity contribution < 1.29 is 0 Å². The van der Waals surface area contributed by atoms with Crippen molar-refractivity contribution >= 4 is 28.4 Å². The molecule has 0 bridgehead atoms. The van der Waals surface area contributed by atoms with Crippen LogP contribution in [0.25, 0.3) is 11.4 Å². The highest BCUT2D eigenvalue weighted by molar-refractivity contribution is 14.1. The van der Waals surface area contributed by atoms with E-state index in [1.54, 1.807) is 0 Å². The largest absolute Gasteiger partial charge is 0.369 e. The van der Waals surface area contributed by atoms with Crippen LogP contribution in [0.5, 0.6) is 0 Å². The zero-order valence-corrected chi connectivity index (χ0v) is 15.2. The van der Waals surface area contributed by atoms with Crippen molar-refractivity contribution in [2.75, 3.05) is 11.9 Å². The molecule has 21 heavy (non-hydrogen) atoms. The van der Waals surface area contributed by atoms with E-state index in [2.05, 4.69) is 82.9 Å². The molecule has 112 valence electrons. The van der Waals surface area contributed by atoms with Gasteiger partial charge in [0, 0.05) is 12.1 Å². The maximum atomic E-state index is 4.65. The van der Waals surface area contributed by atoms with Crippen LogP contribution >= 0.6 is 22.6 Å². The summed E-state index contributed by atoms with van der Waals surface area (Å²) in [5, 5.41) is 3.31. The maximum Gasteiger partial charge on any atom is 0.161 e. The number of nitrogens with zero attached hydrogens (tertiary/aromatic N) is 2. The topological polar surface area (TPSA) is 37.8 Å². The van der Waals surface area contributed by atoms with Gasteiger partial charge in [-0.15, -0.1) is 0 Å². The molecule has 1 N–H and O–H groups in total. The molecule has 1 aromatic heterocycles. The van der Waals surface area contributed by atoms with E-state index in [0.29, 0.717) is 5.92 Å². The fraction of sp³-hybridized carbons (Fsp3) is 0.412. The van der Waals surface area contributed by atoms with Crippen molar-refractivity contribution in [3.63, 3.8) is 0 Å². The van der Waals surface area contributed by atoms with Crippen LogP contribution in [0.1, 0.15) is 32.0 Å². The van der Waals surface area contributed by atoms with E-state index in [0.717, 1.165) is 39.4 Å². The molecule has 2 rings (SSSR count). The lowest BCUT2D eigenvalue weighted by atomic mass is 10.0. The molecule has 0 unspecified atom stereocenters. The normalized spacial score (nSPS) is 11.0. The molecule has 0 saturated heterocycles. The van der Waals surface area contributed by atoms with E-state index in [1.807, 2.05) is 6.92 Å². The van der Waals surface area contributed by atoms with Crippen LogP contribution in [0.4, 0.5) is 5.82 Å². The average molecular weight is 395 g/mol. The summed E-state index contributed by atoms with van der Waals surface area (Å²) < 4.78 is 1.09. The van der Waals surface area contributed by atoms with E-state index in [1.165, 1.54) is 5.56 Å². The molecule has 0 aliphatic rings. The third-order valence-electron chi connectivity index (χ3n) is 3.22. The zero-order valence-electron chi connectivity index (χ0n) is 13.1. The Hall–Kier alpha value is -1.17. The molecule has 0 aliphatic heterocycles. The number of halogens is 1. The molecule has 2 aromatic rings. The van der Waals surface area contributed by atoms with Crippen LogP contribution in [-0.4, -0.2) is 16.5 Å². The Morgan fingerprint density at radius 2 is 1.81 bits per heavy atom. The molecule has 1 heterocycles. The van der Waals surface area contributed by atoms with Crippen LogP contribution in [0, 0.1) is 16.4 Å². The van der Waals surface area contributed by atoms with Crippen LogP contribution < -0.4 is 5.32 Å². The Morgan fingerprint density at radius 1 is 1.14 bits per heavy atom. The van der Waals surface area contributed by atoms with E-state index in [-0.39, 0.29) is 0 Å². The second-order valence-corrected chi connectivity index (χ2v) is 6.70. The number of benzene rings is 1. The minimum absolute atomic E-state index is 0.674. The summed E-state index contributed by atoms with van der Waals surface area (Å²) in [5.41, 5.74) is 3.45. The minimum Gasteiger partial charge on any atom is -0.369 e. The molecule has 0 atom stereocenters. The minimum atomic E-state index is 0.674. The van der Waals surface area contributed by atoms with Crippen molar-refractivity contribution in [2.45, 2.75) is 34.1 Å². The van der Waals surface area contributed by atoms with Crippen molar-refractivity contribution in [1.82, 2.24) is 9.97 Å². The standard InChI is InChI=1S/C17H22IN3/c1-5-19-17-15(18)12(4)20-16(21-17)14-8-6-13(7-9-14)10-11(2)3/h6-9,11H,5,10H2,1-4H3,(H,19,20,21). The SMILES string of the molecule is CCNc1nc(-c2ccc(CC(C)C)cc2)nc(C)c1I. The number of hydrogen-bond donors (Lipinski definition) is 1. The molecule has 0 fully saturated rings. The highest BCUT2D eigenvalue weighted by atomic mass is 127. The summed E-state index contributed by atoms with van der Waals surface area (Å²) in [4.78, 5) is 9.27. The van der Waals surface area contributed by atoms with Gasteiger partial charge < -0.3 is 5.32 Å². The Labute approximate surface area is 140 Å². The lowest BCUT2D eigenvalue weighted by Crippen LogP contribution is -2.06. The van der Waals surface area contributed by atoms with Crippen LogP contribution in [0.3, 0.4) is 0 Å². The van der Waals surface area contributed by atoms with Gasteiger partial charge in [-0.2, -0.15) is 0 Å². The van der Waals surface area contributed by atoms with Gasteiger partial charge in [0.2, 0.25) is 0 Å². The first-order chi connectivity index (χ1) is 10.0. The van der Waals surface area contributed by atoms with E-state index >= 15 is 0 Å². The molecule has 1 aromatic carbocycles. The quantitative estimate of drug-likeness (QED) is 0.747. The third-order valence-corrected chi connectivity index (χ3v) is 4.51. The number of nitrogens with one attached hydrogen (secondary N) is 1. The molecular formula is C17H22IN3. The van der Waals surface area contributed by atoms with Gasteiger partial charge in [0.05, 0.1) is 9.26 Å². The summed E-state index contributed by atoms with van der Waals surface area (Å²) in [5.74, 6) is 2.39. The number of anilines is 1. The first-order valence-corrected chi connectivity index (χ1v) is 8.46. The number of aryl methyl sites for hydroxylation is 1. The lowest BCUT2D eigenvalue weighted by Gasteiger charge is -2.11. The summed E-state index contributed by atoms with van der Waals surface area (Å²) >= 11 is 2.30. The van der Waals surface area contributed by atoms with E-state index in [4.69, 9.17) is 0 Å². The molecule has 0 aliphatic carbocycles. The van der Waals surface area contributed by atoms with Crippen LogP contribution in [0.15, 0.2) is 24.3 Å². The van der Waals surface area contributed by atoms with Gasteiger partial charge in [0.1, 0.15) is 5.82 Å². The summed E-state index contributed by atoms with van der Waals surface area (Å²) in [7, 11) is 0. The van der Waals surface area contributed by atoms with Gasteiger partial charge in [0.25, 0.3) is 0 Å². The number of hydrogen-bond acceptors (Lipinski definition) is 3. The molecular weight excluding hydrogens is 373 g/mol. The van der Waals surface area contributed by atoms with Crippen molar-refractivity contribution in [2.24, 2.45) is 5.92 Å². The first-order valence-electron chi connectivity index (χ1n) is 7.38. The van der Waals surface area contributed by atoms with Gasteiger partial charge in [-0.1, -0.05) is 38.1 Å². The number of rotatable bonds is 5. The van der Waals surface area contributed by atoms with Crippen LogP contribution in [0.2, 0.25) is 0 Å². The summed E-state index contributed by atoms with van der Waals surface area (Å²) in [6.07, 6.45) is 1.11. The lowest BCUT2D eigenvalue weighted by molar-refractivity contribution is 0.647. The molecule has 3 nitrogen and oxygen atoms in total. The Bertz CT molecular complexity index is 606. The van der Waals surface area contributed by atoms with Gasteiger partial charge >= 0.3 is 0 Å². The smallest absolute Gasteiger partial charge is 0.161 e. The average Bonchev–Trinajstić information content (AvgIpc) is 2.44. The molecule has 0 spiro atoms. The Morgan fingerprint density at radius 3 is 2.38 bits per heavy atom. The number of aromatic nitrogens is 2. The predicted octanol–water partition coefficient (Wildman–Crippen LogP) is 4.69. The van der Waals surface area contributed by atoms with Gasteiger partial charge in [-0.3, -0.25) is 0 Å². The van der Waals surface area contributed by atoms with E-state index < -0.39 is 0 Å². The van der Waals surface area contributed by atoms with Gasteiger partial charge in [0.15, 0.2) is 5.82 Å². The monoisotopic (exact) mass is 395 g/mol. The summed E-state index contributed by atoms with van der Waals surface area (Å²) in [6.45, 7) is 9.44. The van der Waals surface area contributed by atoms with Crippen molar-refractivity contribution in [3.05, 3.63) is 39.1 Å². The van der Waals surface area contributed by atoms with E-state index in [9.17, 15) is 0 Å². The fourth-order valence-corrected chi connectivity index (χ4v) is 2.67. The van der Waals surface area contributed by atoms with Crippen molar-refractivity contribution in [1.29, 1.82) is 0 Å². The maximum absolute atomic E-state index is 4.65. The fourth-order valence-electron chi connectivity index (χ4n) is 2.23. The first kappa shape index (κ1) is 16.2. The molecule has 4 heteroatoms. The second kappa shape index (κ2) is 7.20. The second-order valence-electron chi connectivity index (χ2n) is 5.62. The molecule has 0 radical (unpaired) electrons. The third kappa shape index (κ3) is 4.15. The molecule has 0 amide bonds. The Balaban J connectivity index is 2.33. The van der Waals surface area contributed by atoms with Gasteiger partial charge in [-0.25, -0.2) is 9.97 Å². The molecule has 0 saturated carbocycles. The zero-order chi connectivity index (χ0) is 15.4. The van der Waals surface area contributed by atoms with Gasteiger partial charge in [-0.05, 0) is 54.3 Å². The highest BCUT2D eigenvalue weighted by Gasteiger charge is 2.10. The van der Waals surface area contributed by atoms with Crippen molar-refractivity contribution in [3.8, 4) is 11.4 Å². The Kier molecular flexibility index (Phi) is 5.56.